The van der Waals surface area contributed by atoms with Gasteiger partial charge in [0.15, 0.2) is 11.6 Å². The second-order valence-electron chi connectivity index (χ2n) is 9.10. The number of carboxylic acids is 1. The van der Waals surface area contributed by atoms with Gasteiger partial charge in [0, 0.05) is 25.7 Å². The van der Waals surface area contributed by atoms with Crippen molar-refractivity contribution in [3.63, 3.8) is 0 Å². The number of hydrogen-bond acceptors (Lipinski definition) is 5. The first-order valence-corrected chi connectivity index (χ1v) is 12.4. The van der Waals surface area contributed by atoms with Gasteiger partial charge in [0.2, 0.25) is 5.91 Å². The van der Waals surface area contributed by atoms with Crippen molar-refractivity contribution in [1.29, 1.82) is 0 Å². The summed E-state index contributed by atoms with van der Waals surface area (Å²) < 4.78 is 33.6. The fourth-order valence-corrected chi connectivity index (χ4v) is 4.71. The van der Waals surface area contributed by atoms with Crippen LogP contribution in [-0.2, 0) is 4.79 Å². The summed E-state index contributed by atoms with van der Waals surface area (Å²) in [6, 6.07) is 21.8. The lowest BCUT2D eigenvalue weighted by Gasteiger charge is -2.27. The Kier molecular flexibility index (Phi) is 7.23. The van der Waals surface area contributed by atoms with Crippen LogP contribution < -0.4 is 14.5 Å². The highest BCUT2D eigenvalue weighted by atomic mass is 19.2. The molecule has 4 aromatic rings. The molecule has 0 aliphatic carbocycles. The highest BCUT2D eigenvalue weighted by Crippen LogP contribution is 2.38. The molecule has 39 heavy (non-hydrogen) atoms. The minimum Gasteiger partial charge on any atom is -0.491 e. The lowest BCUT2D eigenvalue weighted by atomic mass is 9.90. The lowest BCUT2D eigenvalue weighted by Crippen LogP contribution is -2.33. The minimum atomic E-state index is -1.26. The number of fused-ring (bicyclic) bond motifs is 1. The average Bonchev–Trinajstić information content (AvgIpc) is 3.16. The first kappa shape index (κ1) is 25.8. The molecular weight excluding hydrogens is 504 g/mol. The van der Waals surface area contributed by atoms with Gasteiger partial charge in [-0.1, -0.05) is 60.7 Å². The normalized spacial score (nSPS) is 12.9. The van der Waals surface area contributed by atoms with Gasteiger partial charge < -0.3 is 19.6 Å². The second kappa shape index (κ2) is 10.9. The Labute approximate surface area is 223 Å². The Hall–Kier alpha value is -4.79. The van der Waals surface area contributed by atoms with Crippen molar-refractivity contribution in [2.24, 2.45) is 0 Å². The molecule has 1 aliphatic heterocycles. The number of halogens is 2. The minimum absolute atomic E-state index is 0.102. The molecule has 0 radical (unpaired) electrons. The molecule has 0 fully saturated rings. The van der Waals surface area contributed by atoms with Crippen LogP contribution in [0, 0.1) is 11.6 Å². The molecule has 0 bridgehead atoms. The molecule has 5 rings (SSSR count). The number of likely N-dealkylation sites (N-methyl/N-ethyl adjacent to an activating group) is 1. The topological polar surface area (TPSA) is 83.0 Å². The van der Waals surface area contributed by atoms with E-state index in [0.29, 0.717) is 13.0 Å². The maximum atomic E-state index is 14.1. The number of carboxylic acid groups (broad SMARTS) is 1. The Balaban J connectivity index is 1.55. The Morgan fingerprint density at radius 1 is 0.974 bits per heavy atom. The zero-order valence-corrected chi connectivity index (χ0v) is 21.1. The van der Waals surface area contributed by atoms with E-state index in [9.17, 15) is 23.5 Å². The van der Waals surface area contributed by atoms with Gasteiger partial charge in [-0.15, -0.1) is 0 Å². The molecule has 0 atom stereocenters. The molecular formula is C30H25F2N3O4. The molecule has 1 N–H and O–H groups in total. The SMILES string of the molecule is CN(C(=O)C(c1ccccc1)c1ccccc1)c1cnc(N2CCCOc3cc(F)c(F)cc32)cc1C(=O)O. The maximum absolute atomic E-state index is 14.1. The van der Waals surface area contributed by atoms with E-state index in [1.807, 2.05) is 60.7 Å². The molecule has 0 saturated heterocycles. The van der Waals surface area contributed by atoms with Crippen molar-refractivity contribution in [3.8, 4) is 5.75 Å². The van der Waals surface area contributed by atoms with Gasteiger partial charge in [-0.25, -0.2) is 18.6 Å². The first-order chi connectivity index (χ1) is 18.8. The maximum Gasteiger partial charge on any atom is 0.338 e. The van der Waals surface area contributed by atoms with Crippen LogP contribution in [0.25, 0.3) is 0 Å². The molecule has 1 aliphatic rings. The third-order valence-electron chi connectivity index (χ3n) is 6.66. The van der Waals surface area contributed by atoms with Crippen LogP contribution in [0.5, 0.6) is 5.75 Å². The number of carbonyl (C=O) groups is 2. The van der Waals surface area contributed by atoms with Crippen LogP contribution in [0.4, 0.5) is 26.0 Å². The number of aromatic nitrogens is 1. The van der Waals surface area contributed by atoms with Gasteiger partial charge in [-0.3, -0.25) is 4.79 Å². The zero-order valence-electron chi connectivity index (χ0n) is 21.1. The number of amides is 1. The number of anilines is 3. The summed E-state index contributed by atoms with van der Waals surface area (Å²) >= 11 is 0. The summed E-state index contributed by atoms with van der Waals surface area (Å²) in [6.45, 7) is 0.610. The van der Waals surface area contributed by atoms with E-state index in [4.69, 9.17) is 4.74 Å². The third kappa shape index (κ3) is 5.16. The van der Waals surface area contributed by atoms with Crippen LogP contribution in [0.1, 0.15) is 33.8 Å². The molecule has 0 saturated carbocycles. The van der Waals surface area contributed by atoms with Crippen LogP contribution >= 0.6 is 0 Å². The molecule has 0 unspecified atom stereocenters. The molecule has 1 aromatic heterocycles. The molecule has 7 nitrogen and oxygen atoms in total. The number of hydrogen-bond donors (Lipinski definition) is 1. The molecule has 1 amide bonds. The van der Waals surface area contributed by atoms with Gasteiger partial charge >= 0.3 is 5.97 Å². The van der Waals surface area contributed by atoms with E-state index in [1.54, 1.807) is 4.90 Å². The summed E-state index contributed by atoms with van der Waals surface area (Å²) in [5.74, 6) is -4.04. The predicted octanol–water partition coefficient (Wildman–Crippen LogP) is 5.77. The highest BCUT2D eigenvalue weighted by Gasteiger charge is 2.30. The Morgan fingerprint density at radius 2 is 1.59 bits per heavy atom. The zero-order chi connectivity index (χ0) is 27.5. The van der Waals surface area contributed by atoms with E-state index < -0.39 is 23.5 Å². The second-order valence-corrected chi connectivity index (χ2v) is 9.10. The van der Waals surface area contributed by atoms with Crippen molar-refractivity contribution in [3.05, 3.63) is 113 Å². The number of pyridine rings is 1. The largest absolute Gasteiger partial charge is 0.491 e. The molecule has 198 valence electrons. The number of ether oxygens (including phenoxy) is 1. The number of benzene rings is 3. The van der Waals surface area contributed by atoms with Crippen molar-refractivity contribution in [2.45, 2.75) is 12.3 Å². The van der Waals surface area contributed by atoms with Crippen LogP contribution in [0.2, 0.25) is 0 Å². The highest BCUT2D eigenvalue weighted by molar-refractivity contribution is 6.05. The Morgan fingerprint density at radius 3 is 2.21 bits per heavy atom. The molecule has 3 aromatic carbocycles. The van der Waals surface area contributed by atoms with Gasteiger partial charge in [-0.05, 0) is 23.6 Å². The van der Waals surface area contributed by atoms with Gasteiger partial charge in [0.25, 0.3) is 0 Å². The predicted molar refractivity (Wildman–Crippen MR) is 143 cm³/mol. The monoisotopic (exact) mass is 529 g/mol. The van der Waals surface area contributed by atoms with Crippen molar-refractivity contribution >= 4 is 29.1 Å². The van der Waals surface area contributed by atoms with E-state index in [1.165, 1.54) is 24.2 Å². The van der Waals surface area contributed by atoms with Crippen LogP contribution in [0.15, 0.2) is 85.1 Å². The Bertz CT molecular complexity index is 1480. The smallest absolute Gasteiger partial charge is 0.338 e. The first-order valence-electron chi connectivity index (χ1n) is 12.4. The van der Waals surface area contributed by atoms with Crippen LogP contribution in [-0.4, -0.2) is 42.2 Å². The summed E-state index contributed by atoms with van der Waals surface area (Å²) in [5.41, 5.74) is 1.70. The van der Waals surface area contributed by atoms with Gasteiger partial charge in [0.05, 0.1) is 35.7 Å². The summed E-state index contributed by atoms with van der Waals surface area (Å²) in [7, 11) is 1.51. The van der Waals surface area contributed by atoms with E-state index in [0.717, 1.165) is 23.3 Å². The fraction of sp³-hybridized carbons (Fsp3) is 0.167. The van der Waals surface area contributed by atoms with E-state index in [-0.39, 0.29) is 41.0 Å². The van der Waals surface area contributed by atoms with Crippen LogP contribution in [0.3, 0.4) is 0 Å². The molecule has 2 heterocycles. The lowest BCUT2D eigenvalue weighted by molar-refractivity contribution is -0.118. The number of rotatable bonds is 6. The number of carbonyl (C=O) groups excluding carboxylic acids is 1. The summed E-state index contributed by atoms with van der Waals surface area (Å²) in [5, 5.41) is 10.1. The van der Waals surface area contributed by atoms with E-state index in [2.05, 4.69) is 4.98 Å². The van der Waals surface area contributed by atoms with E-state index >= 15 is 0 Å². The molecule has 0 spiro atoms. The van der Waals surface area contributed by atoms with Crippen molar-refractivity contribution in [2.75, 3.05) is 30.0 Å². The van der Waals surface area contributed by atoms with Gasteiger partial charge in [0.1, 0.15) is 11.6 Å². The van der Waals surface area contributed by atoms with Gasteiger partial charge in [-0.2, -0.15) is 0 Å². The number of aromatic carboxylic acids is 1. The fourth-order valence-electron chi connectivity index (χ4n) is 4.71. The standard InChI is InChI=1S/C30H25F2N3O4/c1-34(29(36)28(19-9-4-2-5-10-19)20-11-6-3-7-12-20)25-18-33-27(15-21(25)30(37)38)35-13-8-14-39-26-17-23(32)22(31)16-24(26)35/h2-7,9-12,15-18,28H,8,13-14H2,1H3,(H,37,38). The summed E-state index contributed by atoms with van der Waals surface area (Å²) in [4.78, 5) is 33.6. The number of nitrogens with zero attached hydrogens (tertiary/aromatic N) is 3. The molecule has 9 heteroatoms. The average molecular weight is 530 g/mol. The summed E-state index contributed by atoms with van der Waals surface area (Å²) in [6.07, 6.45) is 1.83. The van der Waals surface area contributed by atoms with Crippen molar-refractivity contribution in [1.82, 2.24) is 4.98 Å². The quantitative estimate of drug-likeness (QED) is 0.341. The third-order valence-corrected chi connectivity index (χ3v) is 6.66. The van der Waals surface area contributed by atoms with Crippen molar-refractivity contribution < 1.29 is 28.2 Å².